The number of nitrogens with zero attached hydrogens (tertiary/aromatic N) is 1. The van der Waals surface area contributed by atoms with Crippen molar-refractivity contribution >= 4 is 0 Å². The van der Waals surface area contributed by atoms with E-state index in [1.165, 1.54) is 108 Å². The highest BCUT2D eigenvalue weighted by atomic mass is 16.5. The highest BCUT2D eigenvalue weighted by Gasteiger charge is 2.11. The normalized spacial score (nSPS) is 12.5. The highest BCUT2D eigenvalue weighted by molar-refractivity contribution is 5.13. The zero-order valence-electron chi connectivity index (χ0n) is 22.4. The zero-order valence-corrected chi connectivity index (χ0v) is 22.4. The van der Waals surface area contributed by atoms with Crippen LogP contribution in [-0.2, 0) is 16.1 Å². The lowest BCUT2D eigenvalue weighted by atomic mass is 10.0. The van der Waals surface area contributed by atoms with Gasteiger partial charge in [0.1, 0.15) is 0 Å². The number of unbranched alkanes of at least 4 members (excludes halogenated alkanes) is 15. The van der Waals surface area contributed by atoms with Gasteiger partial charge in [-0.05, 0) is 25.6 Å². The minimum Gasteiger partial charge on any atom is -0.378 e. The molecule has 0 aromatic heterocycles. The predicted octanol–water partition coefficient (Wildman–Crippen LogP) is 8.41. The van der Waals surface area contributed by atoms with Crippen LogP contribution in [0.25, 0.3) is 0 Å². The Morgan fingerprint density at radius 2 is 1.18 bits per heavy atom. The number of hydrogen-bond donors (Lipinski definition) is 0. The summed E-state index contributed by atoms with van der Waals surface area (Å²) in [7, 11) is 3.99. The smallest absolute Gasteiger partial charge is 0.0931 e. The van der Waals surface area contributed by atoms with Crippen LogP contribution in [0.5, 0.6) is 0 Å². The first-order chi connectivity index (χ1) is 16.3. The van der Waals surface area contributed by atoms with Crippen molar-refractivity contribution in [3.05, 3.63) is 35.9 Å². The Kier molecular flexibility index (Phi) is 20.9. The summed E-state index contributed by atoms with van der Waals surface area (Å²) >= 11 is 0. The molecule has 0 amide bonds. The van der Waals surface area contributed by atoms with Crippen LogP contribution >= 0.6 is 0 Å². The van der Waals surface area contributed by atoms with Gasteiger partial charge in [0.15, 0.2) is 0 Å². The van der Waals surface area contributed by atoms with E-state index in [4.69, 9.17) is 9.47 Å². The van der Waals surface area contributed by atoms with E-state index in [0.29, 0.717) is 13.2 Å². The van der Waals surface area contributed by atoms with Gasteiger partial charge in [0.05, 0.1) is 19.3 Å². The van der Waals surface area contributed by atoms with Gasteiger partial charge in [-0.2, -0.15) is 0 Å². The summed E-state index contributed by atoms with van der Waals surface area (Å²) in [5.74, 6) is 0. The van der Waals surface area contributed by atoms with Crippen molar-refractivity contribution in [1.29, 1.82) is 0 Å². The molecule has 0 N–H and O–H groups in total. The summed E-state index contributed by atoms with van der Waals surface area (Å²) in [4.78, 5) is 2.39. The summed E-state index contributed by atoms with van der Waals surface area (Å²) in [5.41, 5.74) is 1.22. The topological polar surface area (TPSA) is 21.7 Å². The van der Waals surface area contributed by atoms with Crippen molar-refractivity contribution in [1.82, 2.24) is 4.90 Å². The van der Waals surface area contributed by atoms with Crippen LogP contribution in [0.3, 0.4) is 0 Å². The molecule has 0 saturated carbocycles. The maximum absolute atomic E-state index is 5.86. The molecule has 3 nitrogen and oxygen atoms in total. The molecule has 1 aromatic rings. The van der Waals surface area contributed by atoms with Gasteiger partial charge in [0.2, 0.25) is 0 Å². The van der Waals surface area contributed by atoms with Crippen LogP contribution in [-0.4, -0.2) is 44.9 Å². The van der Waals surface area contributed by atoms with Crippen LogP contribution in [0, 0.1) is 0 Å². The lowest BCUT2D eigenvalue weighted by molar-refractivity contribution is -0.0119. The van der Waals surface area contributed by atoms with Crippen LogP contribution in [0.4, 0.5) is 0 Å². The average Bonchev–Trinajstić information content (AvgIpc) is 2.83. The number of methoxy groups -OCH3 is 1. The first-order valence-corrected chi connectivity index (χ1v) is 14.1. The Morgan fingerprint density at radius 1 is 0.697 bits per heavy atom. The van der Waals surface area contributed by atoms with Gasteiger partial charge in [-0.1, -0.05) is 134 Å². The van der Waals surface area contributed by atoms with Crippen molar-refractivity contribution in [3.63, 3.8) is 0 Å². The zero-order chi connectivity index (χ0) is 23.8. The fourth-order valence-corrected chi connectivity index (χ4v) is 4.45. The van der Waals surface area contributed by atoms with Gasteiger partial charge in [0.25, 0.3) is 0 Å². The maximum Gasteiger partial charge on any atom is 0.0931 e. The van der Waals surface area contributed by atoms with Crippen molar-refractivity contribution in [2.75, 3.05) is 33.9 Å². The number of hydrogen-bond acceptors (Lipinski definition) is 3. The third-order valence-corrected chi connectivity index (χ3v) is 6.66. The largest absolute Gasteiger partial charge is 0.378 e. The van der Waals surface area contributed by atoms with Gasteiger partial charge in [-0.25, -0.2) is 0 Å². The molecule has 1 aromatic carbocycles. The summed E-state index contributed by atoms with van der Waals surface area (Å²) < 4.78 is 11.5. The lowest BCUT2D eigenvalue weighted by Gasteiger charge is -2.23. The first kappa shape index (κ1) is 30.1. The van der Waals surface area contributed by atoms with Crippen molar-refractivity contribution in [3.8, 4) is 0 Å². The van der Waals surface area contributed by atoms with Crippen LogP contribution in [0.1, 0.15) is 115 Å². The fraction of sp³-hybridized carbons (Fsp3) is 0.800. The summed E-state index contributed by atoms with van der Waals surface area (Å²) in [6.07, 6.45) is 22.9. The first-order valence-electron chi connectivity index (χ1n) is 14.1. The van der Waals surface area contributed by atoms with Crippen LogP contribution < -0.4 is 0 Å². The average molecular weight is 462 g/mol. The molecule has 0 radical (unpaired) electrons. The molecule has 192 valence electrons. The quantitative estimate of drug-likeness (QED) is 0.144. The van der Waals surface area contributed by atoms with E-state index in [1.54, 1.807) is 7.11 Å². The summed E-state index contributed by atoms with van der Waals surface area (Å²) in [6, 6.07) is 10.3. The van der Waals surface area contributed by atoms with E-state index in [2.05, 4.69) is 43.1 Å². The number of likely N-dealkylation sites (N-methyl/N-ethyl adjacent to an activating group) is 1. The third kappa shape index (κ3) is 19.1. The summed E-state index contributed by atoms with van der Waals surface area (Å²) in [6.45, 7) is 5.68. The van der Waals surface area contributed by atoms with Crippen molar-refractivity contribution in [2.45, 2.75) is 122 Å². The van der Waals surface area contributed by atoms with E-state index in [0.717, 1.165) is 13.1 Å². The van der Waals surface area contributed by atoms with Gasteiger partial charge >= 0.3 is 0 Å². The minimum atomic E-state index is 0.139. The maximum atomic E-state index is 5.86. The number of benzene rings is 1. The Morgan fingerprint density at radius 3 is 1.67 bits per heavy atom. The van der Waals surface area contributed by atoms with Gasteiger partial charge in [-0.3, -0.25) is 0 Å². The lowest BCUT2D eigenvalue weighted by Crippen LogP contribution is -2.34. The summed E-state index contributed by atoms with van der Waals surface area (Å²) in [5, 5.41) is 0. The molecule has 1 rings (SSSR count). The molecule has 0 spiro atoms. The molecule has 0 aliphatic heterocycles. The second-order valence-corrected chi connectivity index (χ2v) is 9.92. The van der Waals surface area contributed by atoms with E-state index >= 15 is 0 Å². The molecule has 0 fully saturated rings. The number of ether oxygens (including phenoxy) is 2. The Labute approximate surface area is 206 Å². The molecule has 0 aliphatic carbocycles. The SMILES string of the molecule is CCCCCCCCCCCCCCCCCCN(C)CC(COCc1ccccc1)OC. The molecule has 0 aliphatic rings. The molecule has 3 heteroatoms. The predicted molar refractivity (Wildman–Crippen MR) is 144 cm³/mol. The highest BCUT2D eigenvalue weighted by Crippen LogP contribution is 2.14. The van der Waals surface area contributed by atoms with E-state index < -0.39 is 0 Å². The Hall–Kier alpha value is -0.900. The Balaban J connectivity index is 1.85. The minimum absolute atomic E-state index is 0.139. The van der Waals surface area contributed by atoms with Crippen molar-refractivity contribution in [2.24, 2.45) is 0 Å². The van der Waals surface area contributed by atoms with E-state index in [1.807, 2.05) is 6.07 Å². The molecule has 0 saturated heterocycles. The van der Waals surface area contributed by atoms with Crippen LogP contribution in [0.15, 0.2) is 30.3 Å². The van der Waals surface area contributed by atoms with Gasteiger partial charge in [-0.15, -0.1) is 0 Å². The fourth-order valence-electron chi connectivity index (χ4n) is 4.45. The Bertz CT molecular complexity index is 507. The third-order valence-electron chi connectivity index (χ3n) is 6.66. The van der Waals surface area contributed by atoms with E-state index in [-0.39, 0.29) is 6.10 Å². The van der Waals surface area contributed by atoms with Crippen LogP contribution in [0.2, 0.25) is 0 Å². The molecule has 1 unspecified atom stereocenters. The van der Waals surface area contributed by atoms with Gasteiger partial charge in [0, 0.05) is 13.7 Å². The molecule has 0 bridgehead atoms. The standard InChI is InChI=1S/C30H55NO2/c1-4-5-6-7-8-9-10-11-12-13-14-15-16-17-18-22-25-31(2)26-30(32-3)28-33-27-29-23-20-19-21-24-29/h19-21,23-24,30H,4-18,22,25-28H2,1-3H3. The van der Waals surface area contributed by atoms with E-state index in [9.17, 15) is 0 Å². The molecular formula is C30H55NO2. The van der Waals surface area contributed by atoms with Crippen molar-refractivity contribution < 1.29 is 9.47 Å². The number of rotatable bonds is 24. The van der Waals surface area contributed by atoms with Gasteiger partial charge < -0.3 is 14.4 Å². The molecule has 0 heterocycles. The monoisotopic (exact) mass is 461 g/mol. The molecular weight excluding hydrogens is 406 g/mol. The second kappa shape index (κ2) is 22.9. The second-order valence-electron chi connectivity index (χ2n) is 9.92. The molecule has 1 atom stereocenters. The molecule has 33 heavy (non-hydrogen) atoms.